The summed E-state index contributed by atoms with van der Waals surface area (Å²) < 4.78 is 98.4. The van der Waals surface area contributed by atoms with E-state index in [1.54, 1.807) is 60.7 Å². The fourth-order valence-electron chi connectivity index (χ4n) is 8.23. The number of aliphatic hydroxyl groups excluding tert-OH is 1. The van der Waals surface area contributed by atoms with Crippen molar-refractivity contribution in [2.45, 2.75) is 61.4 Å². The van der Waals surface area contributed by atoms with Crippen LogP contribution in [-0.2, 0) is 24.5 Å². The zero-order chi connectivity index (χ0) is 45.1. The van der Waals surface area contributed by atoms with Crippen LogP contribution in [0.5, 0.6) is 11.5 Å². The molecule has 2 aromatic heterocycles. The summed E-state index contributed by atoms with van der Waals surface area (Å²) in [7, 11) is 4.21. The monoisotopic (exact) mass is 883 g/mol. The number of halogens is 4. The van der Waals surface area contributed by atoms with Gasteiger partial charge in [-0.25, -0.2) is 18.9 Å². The van der Waals surface area contributed by atoms with Crippen molar-refractivity contribution in [3.63, 3.8) is 0 Å². The lowest BCUT2D eigenvalue weighted by molar-refractivity contribution is -0.255. The van der Waals surface area contributed by atoms with Crippen LogP contribution in [0.4, 0.5) is 17.6 Å². The lowest BCUT2D eigenvalue weighted by atomic mass is 9.80. The van der Waals surface area contributed by atoms with Crippen LogP contribution in [0.1, 0.15) is 35.6 Å². The third kappa shape index (κ3) is 9.27. The first kappa shape index (κ1) is 45.1. The van der Waals surface area contributed by atoms with Gasteiger partial charge in [-0.3, -0.25) is 28.7 Å². The largest absolute Gasteiger partial charge is 0.497 e. The number of ether oxygens (including phenoxy) is 6. The van der Waals surface area contributed by atoms with Crippen LogP contribution in [-0.4, -0.2) is 107 Å². The van der Waals surface area contributed by atoms with Crippen LogP contribution < -0.4 is 32.0 Å². The number of aromatic nitrogens is 4. The molecule has 0 spiro atoms. The molecule has 336 valence electrons. The predicted octanol–water partition coefficient (Wildman–Crippen LogP) is 3.45. The van der Waals surface area contributed by atoms with Crippen molar-refractivity contribution < 1.29 is 51.1 Å². The minimum Gasteiger partial charge on any atom is -0.497 e. The third-order valence-electron chi connectivity index (χ3n) is 11.4. The third-order valence-corrected chi connectivity index (χ3v) is 11.4. The molecule has 16 nitrogen and oxygen atoms in total. The molecule has 2 fully saturated rings. The van der Waals surface area contributed by atoms with Crippen molar-refractivity contribution in [1.29, 1.82) is 0 Å². The first-order valence-electron chi connectivity index (χ1n) is 19.8. The molecule has 0 radical (unpaired) electrons. The number of hydrogen-bond acceptors (Lipinski definition) is 12. The van der Waals surface area contributed by atoms with Gasteiger partial charge in [0.05, 0.1) is 26.9 Å². The first-order chi connectivity index (χ1) is 30.2. The average Bonchev–Trinajstić information content (AvgIpc) is 3.76. The molecule has 2 saturated heterocycles. The van der Waals surface area contributed by atoms with Crippen LogP contribution in [0.15, 0.2) is 123 Å². The molecule has 0 unspecified atom stereocenters. The van der Waals surface area contributed by atoms with Gasteiger partial charge >= 0.3 is 17.7 Å². The van der Waals surface area contributed by atoms with E-state index in [4.69, 9.17) is 28.4 Å². The standard InChI is InChI=1S/C43H45F4N5O11/c1-58-28-13-9-26(10-14-28)42(25-7-5-4-6-8-25,27-11-15-29(59-2)16-12-27)61-24-32-30(35(44)38(63-32)51-21-18-33(53)48-40(51)56)17-20-50(43(45,46)47)23-31-36(55)37(60-3)39(62-31)52-22-19-34(54)49-41(52)57/h4-16,18-19,21-22,30-32,35-39,55H,17,20,23-24H2,1-3H3,(H,48,53,56)(H,49,54,57)/t30-,31-,32-,35-,36-,37-,38-,39-/m1/s1. The normalized spacial score (nSPS) is 23.9. The number of aliphatic hydroxyl groups is 1. The molecule has 3 N–H and O–H groups in total. The Morgan fingerprint density at radius 1 is 0.714 bits per heavy atom. The molecule has 2 aliphatic rings. The number of benzene rings is 3. The van der Waals surface area contributed by atoms with Gasteiger partial charge in [-0.2, -0.15) is 13.2 Å². The Balaban J connectivity index is 1.23. The highest BCUT2D eigenvalue weighted by molar-refractivity contribution is 5.49. The fourth-order valence-corrected chi connectivity index (χ4v) is 8.23. The highest BCUT2D eigenvalue weighted by Gasteiger charge is 2.52. The maximum atomic E-state index is 16.9. The van der Waals surface area contributed by atoms with Crippen LogP contribution in [0.25, 0.3) is 0 Å². The summed E-state index contributed by atoms with van der Waals surface area (Å²) in [6.45, 7) is -2.25. The van der Waals surface area contributed by atoms with Crippen molar-refractivity contribution in [2.75, 3.05) is 41.0 Å². The van der Waals surface area contributed by atoms with Crippen LogP contribution in [0, 0.1) is 5.92 Å². The molecular formula is C43H45F4N5O11. The second-order valence-corrected chi connectivity index (χ2v) is 15.0. The Labute approximate surface area is 356 Å². The summed E-state index contributed by atoms with van der Waals surface area (Å²) >= 11 is 0. The molecule has 3 aromatic carbocycles. The smallest absolute Gasteiger partial charge is 0.460 e. The van der Waals surface area contributed by atoms with Gasteiger partial charge in [-0.05, 0) is 47.4 Å². The maximum absolute atomic E-state index is 16.9. The minimum absolute atomic E-state index is 0.0404. The summed E-state index contributed by atoms with van der Waals surface area (Å²) in [5.74, 6) is -0.257. The Morgan fingerprint density at radius 3 is 1.71 bits per heavy atom. The highest BCUT2D eigenvalue weighted by Crippen LogP contribution is 2.45. The molecule has 0 aliphatic carbocycles. The van der Waals surface area contributed by atoms with E-state index in [2.05, 4.69) is 4.98 Å². The summed E-state index contributed by atoms with van der Waals surface area (Å²) in [5.41, 5.74) is -3.02. The van der Waals surface area contributed by atoms with E-state index in [1.807, 2.05) is 23.2 Å². The number of methoxy groups -OCH3 is 3. The molecule has 0 bridgehead atoms. The zero-order valence-corrected chi connectivity index (χ0v) is 34.1. The van der Waals surface area contributed by atoms with Crippen molar-refractivity contribution in [1.82, 2.24) is 24.0 Å². The molecule has 0 saturated carbocycles. The second-order valence-electron chi connectivity index (χ2n) is 15.0. The number of nitrogens with one attached hydrogen (secondary N) is 2. The number of aromatic amines is 2. The van der Waals surface area contributed by atoms with Gasteiger partial charge in [0.2, 0.25) is 0 Å². The first-order valence-corrected chi connectivity index (χ1v) is 19.8. The van der Waals surface area contributed by atoms with Crippen molar-refractivity contribution >= 4 is 0 Å². The Hall–Kier alpha value is -5.90. The van der Waals surface area contributed by atoms with Gasteiger partial charge in [-0.1, -0.05) is 54.6 Å². The Bertz CT molecular complexity index is 2500. The van der Waals surface area contributed by atoms with Gasteiger partial charge in [0.1, 0.15) is 35.4 Å². The van der Waals surface area contributed by atoms with Gasteiger partial charge in [0, 0.05) is 50.6 Å². The number of nitrogens with zero attached hydrogens (tertiary/aromatic N) is 3. The van der Waals surface area contributed by atoms with E-state index in [9.17, 15) is 37.5 Å². The van der Waals surface area contributed by atoms with E-state index in [1.165, 1.54) is 21.3 Å². The predicted molar refractivity (Wildman–Crippen MR) is 216 cm³/mol. The van der Waals surface area contributed by atoms with Crippen LogP contribution in [0.2, 0.25) is 0 Å². The molecule has 5 aromatic rings. The van der Waals surface area contributed by atoms with E-state index >= 15 is 4.39 Å². The Morgan fingerprint density at radius 2 is 1.22 bits per heavy atom. The molecule has 0 amide bonds. The van der Waals surface area contributed by atoms with Crippen molar-refractivity contribution in [3.05, 3.63) is 162 Å². The van der Waals surface area contributed by atoms with E-state index in [0.717, 1.165) is 33.7 Å². The van der Waals surface area contributed by atoms with E-state index < -0.39 is 109 Å². The van der Waals surface area contributed by atoms with Gasteiger partial charge in [-0.15, -0.1) is 0 Å². The second kappa shape index (κ2) is 18.8. The van der Waals surface area contributed by atoms with Gasteiger partial charge in [0.15, 0.2) is 18.6 Å². The van der Waals surface area contributed by atoms with Crippen LogP contribution in [0.3, 0.4) is 0 Å². The van der Waals surface area contributed by atoms with E-state index in [0.29, 0.717) is 28.2 Å². The minimum atomic E-state index is -5.05. The fraction of sp³-hybridized carbons (Fsp3) is 0.395. The van der Waals surface area contributed by atoms with E-state index in [-0.39, 0.29) is 4.90 Å². The zero-order valence-electron chi connectivity index (χ0n) is 34.1. The topological polar surface area (TPSA) is 189 Å². The number of rotatable bonds is 16. The summed E-state index contributed by atoms with van der Waals surface area (Å²) in [4.78, 5) is 53.3. The van der Waals surface area contributed by atoms with Gasteiger partial charge < -0.3 is 33.5 Å². The lowest BCUT2D eigenvalue weighted by Crippen LogP contribution is -2.48. The molecule has 7 rings (SSSR count). The van der Waals surface area contributed by atoms with Crippen molar-refractivity contribution in [3.8, 4) is 11.5 Å². The number of hydrogen-bond donors (Lipinski definition) is 3. The summed E-state index contributed by atoms with van der Waals surface area (Å²) in [5, 5.41) is 11.1. The van der Waals surface area contributed by atoms with Crippen molar-refractivity contribution in [2.24, 2.45) is 5.92 Å². The number of alkyl halides is 4. The van der Waals surface area contributed by atoms with Crippen LogP contribution >= 0.6 is 0 Å². The summed E-state index contributed by atoms with van der Waals surface area (Å²) in [6, 6.07) is 25.2. The molecule has 2 aliphatic heterocycles. The lowest BCUT2D eigenvalue weighted by Gasteiger charge is -2.37. The van der Waals surface area contributed by atoms with Gasteiger partial charge in [0.25, 0.3) is 11.1 Å². The quantitative estimate of drug-likeness (QED) is 0.0746. The Kier molecular flexibility index (Phi) is 13.5. The molecule has 4 heterocycles. The SMILES string of the molecule is COc1ccc(C(OC[C@H]2O[C@@H](n3ccc(=O)[nH]c3=O)[C@H](F)[C@@H]2CCN(C[C@H]2O[C@@H](n3ccc(=O)[nH]c3=O)[C@H](OC)[C@@H]2O)C(F)(F)F)(c2ccccc2)c2ccc(OC)cc2)cc1. The average molecular weight is 884 g/mol. The molecular weight excluding hydrogens is 838 g/mol. The molecule has 63 heavy (non-hydrogen) atoms. The maximum Gasteiger partial charge on any atom is 0.460 e. The highest BCUT2D eigenvalue weighted by atomic mass is 19.4. The molecule has 8 atom stereocenters. The number of H-pyrrole nitrogens is 2. The summed E-state index contributed by atoms with van der Waals surface area (Å²) in [6.07, 6.45) is -14.5. The molecule has 20 heteroatoms.